The highest BCUT2D eigenvalue weighted by molar-refractivity contribution is 6.12. The van der Waals surface area contributed by atoms with Gasteiger partial charge < -0.3 is 25.1 Å². The minimum absolute atomic E-state index is 0.129. The summed E-state index contributed by atoms with van der Waals surface area (Å²) in [6, 6.07) is 7.44. The third-order valence-electron chi connectivity index (χ3n) is 4.71. The summed E-state index contributed by atoms with van der Waals surface area (Å²) in [7, 11) is 5.48. The standard InChI is InChI=1S/C18H22N5O3Si/c1-26-18-9-13(6-7-19-18)10-20-15-3-2-8-22(12-16(15)27)14-4-5-17(21-11-14)23(24)25/h4-7,9,11,15-16,20H,2-3,8,10,12H2,1H3/t15-,16?/m0/s1. The van der Waals surface area contributed by atoms with E-state index >= 15 is 0 Å². The highest BCUT2D eigenvalue weighted by atomic mass is 28.1. The zero-order chi connectivity index (χ0) is 19.2. The lowest BCUT2D eigenvalue weighted by Crippen LogP contribution is -2.36. The summed E-state index contributed by atoms with van der Waals surface area (Å²) in [6.45, 7) is 2.43. The summed E-state index contributed by atoms with van der Waals surface area (Å²) in [6.07, 6.45) is 5.38. The van der Waals surface area contributed by atoms with Gasteiger partial charge in [-0.1, -0.05) is 0 Å². The van der Waals surface area contributed by atoms with Crippen LogP contribution < -0.4 is 15.0 Å². The molecule has 0 amide bonds. The van der Waals surface area contributed by atoms with Crippen molar-refractivity contribution in [3.8, 4) is 5.88 Å². The van der Waals surface area contributed by atoms with Gasteiger partial charge >= 0.3 is 5.82 Å². The molecule has 1 N–H and O–H groups in total. The predicted molar refractivity (Wildman–Crippen MR) is 103 cm³/mol. The van der Waals surface area contributed by atoms with E-state index in [0.29, 0.717) is 11.9 Å². The molecule has 3 heterocycles. The van der Waals surface area contributed by atoms with E-state index in [4.69, 9.17) is 4.74 Å². The number of aromatic nitrogens is 2. The van der Waals surface area contributed by atoms with E-state index in [9.17, 15) is 10.1 Å². The van der Waals surface area contributed by atoms with Crippen molar-refractivity contribution < 1.29 is 9.66 Å². The van der Waals surface area contributed by atoms with Gasteiger partial charge in [0, 0.05) is 54.2 Å². The molecule has 27 heavy (non-hydrogen) atoms. The molecule has 0 aliphatic carbocycles. The second-order valence-corrected chi connectivity index (χ2v) is 7.26. The van der Waals surface area contributed by atoms with Crippen molar-refractivity contribution >= 4 is 21.7 Å². The first-order valence-electron chi connectivity index (χ1n) is 8.85. The first kappa shape index (κ1) is 19.2. The van der Waals surface area contributed by atoms with Crippen molar-refractivity contribution in [1.29, 1.82) is 0 Å². The average Bonchev–Trinajstić information content (AvgIpc) is 2.88. The van der Waals surface area contributed by atoms with Gasteiger partial charge in [0.1, 0.15) is 0 Å². The van der Waals surface area contributed by atoms with Gasteiger partial charge in [0.2, 0.25) is 5.88 Å². The second-order valence-electron chi connectivity index (χ2n) is 6.52. The molecule has 1 aliphatic heterocycles. The molecule has 1 unspecified atom stereocenters. The van der Waals surface area contributed by atoms with Crippen LogP contribution in [0, 0.1) is 10.1 Å². The van der Waals surface area contributed by atoms with Gasteiger partial charge in [-0.3, -0.25) is 0 Å². The van der Waals surface area contributed by atoms with Crippen molar-refractivity contribution in [2.45, 2.75) is 31.0 Å². The summed E-state index contributed by atoms with van der Waals surface area (Å²) in [5, 5.41) is 14.4. The Hall–Kier alpha value is -2.52. The Bertz CT molecular complexity index is 774. The van der Waals surface area contributed by atoms with Crippen molar-refractivity contribution in [3.63, 3.8) is 0 Å². The van der Waals surface area contributed by atoms with Crippen LogP contribution in [0.3, 0.4) is 0 Å². The van der Waals surface area contributed by atoms with Crippen LogP contribution >= 0.6 is 0 Å². The number of hydrogen-bond donors (Lipinski definition) is 1. The van der Waals surface area contributed by atoms with Crippen LogP contribution in [0.1, 0.15) is 18.4 Å². The fraction of sp³-hybridized carbons (Fsp3) is 0.444. The molecule has 1 aliphatic rings. The number of rotatable bonds is 6. The third-order valence-corrected chi connectivity index (χ3v) is 5.29. The van der Waals surface area contributed by atoms with Crippen LogP contribution in [0.5, 0.6) is 5.88 Å². The van der Waals surface area contributed by atoms with Gasteiger partial charge in [-0.2, -0.15) is 0 Å². The van der Waals surface area contributed by atoms with Gasteiger partial charge in [0.05, 0.1) is 12.8 Å². The lowest BCUT2D eigenvalue weighted by molar-refractivity contribution is -0.389. The third kappa shape index (κ3) is 5.01. The first-order chi connectivity index (χ1) is 13.1. The number of nitrogens with one attached hydrogen (secondary N) is 1. The molecule has 2 aromatic rings. The number of anilines is 1. The largest absolute Gasteiger partial charge is 0.481 e. The van der Waals surface area contributed by atoms with Crippen molar-refractivity contribution in [2.24, 2.45) is 0 Å². The zero-order valence-electron chi connectivity index (χ0n) is 15.2. The van der Waals surface area contributed by atoms with Gasteiger partial charge in [-0.15, -0.1) is 0 Å². The maximum atomic E-state index is 10.8. The fourth-order valence-electron chi connectivity index (χ4n) is 3.23. The Balaban J connectivity index is 1.60. The second kappa shape index (κ2) is 8.91. The molecule has 141 valence electrons. The molecule has 1 fully saturated rings. The number of nitrogens with zero attached hydrogens (tertiary/aromatic N) is 4. The summed E-state index contributed by atoms with van der Waals surface area (Å²) in [5.41, 5.74) is 2.27. The van der Waals surface area contributed by atoms with Crippen molar-refractivity contribution in [2.75, 3.05) is 25.1 Å². The van der Waals surface area contributed by atoms with Crippen LogP contribution in [0.15, 0.2) is 36.7 Å². The average molecular weight is 384 g/mol. The molecule has 3 radical (unpaired) electrons. The molecule has 0 spiro atoms. The van der Waals surface area contributed by atoms with Crippen molar-refractivity contribution in [1.82, 2.24) is 15.3 Å². The molecule has 1 saturated heterocycles. The molecule has 2 atom stereocenters. The van der Waals surface area contributed by atoms with E-state index in [-0.39, 0.29) is 11.4 Å². The van der Waals surface area contributed by atoms with E-state index in [2.05, 4.69) is 30.4 Å². The summed E-state index contributed by atoms with van der Waals surface area (Å²) in [5.74, 6) is 0.484. The SMILES string of the molecule is COc1cc(CN[C@H]2CCCN(c3ccc([N+](=O)[O-])nc3)CC2[Si])ccn1. The molecule has 2 aromatic heterocycles. The first-order valence-corrected chi connectivity index (χ1v) is 9.43. The highest BCUT2D eigenvalue weighted by Gasteiger charge is 2.24. The quantitative estimate of drug-likeness (QED) is 0.463. The summed E-state index contributed by atoms with van der Waals surface area (Å²) < 4.78 is 5.17. The van der Waals surface area contributed by atoms with Crippen molar-refractivity contribution in [3.05, 3.63) is 52.3 Å². The number of methoxy groups -OCH3 is 1. The minimum Gasteiger partial charge on any atom is -0.481 e. The summed E-state index contributed by atoms with van der Waals surface area (Å²) in [4.78, 5) is 20.6. The predicted octanol–water partition coefficient (Wildman–Crippen LogP) is 2.11. The van der Waals surface area contributed by atoms with Gasteiger partial charge in [0.25, 0.3) is 0 Å². The highest BCUT2D eigenvalue weighted by Crippen LogP contribution is 2.25. The Kier molecular flexibility index (Phi) is 6.35. The molecule has 0 bridgehead atoms. The number of nitro groups is 1. The van der Waals surface area contributed by atoms with Crippen LogP contribution in [0.4, 0.5) is 11.5 Å². The molecule has 8 nitrogen and oxygen atoms in total. The monoisotopic (exact) mass is 384 g/mol. The van der Waals surface area contributed by atoms with E-state index < -0.39 is 4.92 Å². The fourth-order valence-corrected chi connectivity index (χ4v) is 3.74. The van der Waals surface area contributed by atoms with E-state index in [1.165, 1.54) is 6.07 Å². The van der Waals surface area contributed by atoms with Gasteiger partial charge in [0.15, 0.2) is 6.20 Å². The van der Waals surface area contributed by atoms with Gasteiger partial charge in [-0.25, -0.2) is 4.98 Å². The smallest absolute Gasteiger partial charge is 0.363 e. The topological polar surface area (TPSA) is 93.4 Å². The Morgan fingerprint density at radius 1 is 1.41 bits per heavy atom. The Labute approximate surface area is 161 Å². The molecule has 3 rings (SSSR count). The molecular formula is C18H22N5O3Si. The van der Waals surface area contributed by atoms with E-state index in [1.54, 1.807) is 25.6 Å². The summed E-state index contributed by atoms with van der Waals surface area (Å²) >= 11 is 0. The van der Waals surface area contributed by atoms with Crippen LogP contribution in [-0.4, -0.2) is 51.4 Å². The number of ether oxygens (including phenoxy) is 1. The normalized spacial score (nSPS) is 20.1. The zero-order valence-corrected chi connectivity index (χ0v) is 16.2. The molecule has 9 heteroatoms. The maximum Gasteiger partial charge on any atom is 0.363 e. The molecule has 0 saturated carbocycles. The van der Waals surface area contributed by atoms with Crippen LogP contribution in [0.25, 0.3) is 0 Å². The van der Waals surface area contributed by atoms with E-state index in [0.717, 1.165) is 43.7 Å². The van der Waals surface area contributed by atoms with Gasteiger partial charge in [-0.05, 0) is 46.0 Å². The lowest BCUT2D eigenvalue weighted by Gasteiger charge is -2.27. The number of pyridine rings is 2. The Morgan fingerprint density at radius 2 is 2.26 bits per heavy atom. The van der Waals surface area contributed by atoms with Crippen LogP contribution in [0.2, 0.25) is 5.54 Å². The Morgan fingerprint density at radius 3 is 2.96 bits per heavy atom. The van der Waals surface area contributed by atoms with E-state index in [1.807, 2.05) is 12.1 Å². The number of hydrogen-bond acceptors (Lipinski definition) is 7. The van der Waals surface area contributed by atoms with Crippen LogP contribution in [-0.2, 0) is 6.54 Å². The molecule has 0 aromatic carbocycles. The maximum absolute atomic E-state index is 10.8. The molecular weight excluding hydrogens is 362 g/mol. The minimum atomic E-state index is -0.479. The lowest BCUT2D eigenvalue weighted by atomic mass is 10.1.